The number of benzene rings is 1. The number of ether oxygens (including phenoxy) is 1. The van der Waals surface area contributed by atoms with Gasteiger partial charge in [-0.25, -0.2) is 13.1 Å². The van der Waals surface area contributed by atoms with Crippen LogP contribution in [0.5, 0.6) is 5.75 Å². The Morgan fingerprint density at radius 3 is 2.60 bits per heavy atom. The van der Waals surface area contributed by atoms with E-state index in [4.69, 9.17) is 10.5 Å². The smallest absolute Gasteiger partial charge is 0.264 e. The van der Waals surface area contributed by atoms with Crippen molar-refractivity contribution in [1.82, 2.24) is 20.3 Å². The van der Waals surface area contributed by atoms with Crippen LogP contribution in [0.2, 0.25) is 0 Å². The number of nitrogens with two attached hydrogens (primary N) is 1. The number of carbonyl (C=O) groups excluding carboxylic acids is 2. The van der Waals surface area contributed by atoms with E-state index in [0.29, 0.717) is 43.5 Å². The number of nitrogens with zero attached hydrogens (tertiary/aromatic N) is 2. The predicted octanol–water partition coefficient (Wildman–Crippen LogP) is 2.34. The van der Waals surface area contributed by atoms with Gasteiger partial charge in [0.05, 0.1) is 10.9 Å². The third-order valence-corrected chi connectivity index (χ3v) is 10.5. The van der Waals surface area contributed by atoms with Gasteiger partial charge < -0.3 is 26.0 Å². The highest BCUT2D eigenvalue weighted by atomic mass is 32.2. The molecule has 3 aliphatic heterocycles. The summed E-state index contributed by atoms with van der Waals surface area (Å²) < 4.78 is 35.5. The number of hydrogen-bond acceptors (Lipinski definition) is 7. The molecular weight excluding hydrogens is 556 g/mol. The first-order valence-electron chi connectivity index (χ1n) is 15.2. The fourth-order valence-corrected chi connectivity index (χ4v) is 7.90. The Morgan fingerprint density at radius 1 is 1.17 bits per heavy atom. The average Bonchev–Trinajstić information content (AvgIpc) is 3.61. The molecule has 0 saturated carbocycles. The number of guanidine groups is 1. The second-order valence-electron chi connectivity index (χ2n) is 12.6. The Labute approximate surface area is 250 Å². The molecule has 5 N–H and O–H groups in total. The third-order valence-electron chi connectivity index (χ3n) is 8.84. The minimum atomic E-state index is -3.96. The van der Waals surface area contributed by atoms with Gasteiger partial charge in [0.15, 0.2) is 0 Å². The lowest BCUT2D eigenvalue weighted by Gasteiger charge is -2.35. The van der Waals surface area contributed by atoms with Crippen molar-refractivity contribution in [3.63, 3.8) is 0 Å². The first kappa shape index (κ1) is 32.1. The van der Waals surface area contributed by atoms with Crippen molar-refractivity contribution in [2.45, 2.75) is 122 Å². The van der Waals surface area contributed by atoms with E-state index in [1.165, 1.54) is 0 Å². The molecule has 0 radical (unpaired) electrons. The maximum absolute atomic E-state index is 13.4. The van der Waals surface area contributed by atoms with Gasteiger partial charge in [-0.3, -0.25) is 14.6 Å². The largest absolute Gasteiger partial charge is 0.487 e. The van der Waals surface area contributed by atoms with Crippen LogP contribution in [0.3, 0.4) is 0 Å². The minimum absolute atomic E-state index is 0.0262. The molecule has 11 nitrogen and oxygen atoms in total. The molecule has 1 aromatic carbocycles. The second-order valence-corrected chi connectivity index (χ2v) is 14.3. The van der Waals surface area contributed by atoms with Gasteiger partial charge in [-0.05, 0) is 122 Å². The normalized spacial score (nSPS) is 22.8. The molecule has 42 heavy (non-hydrogen) atoms. The summed E-state index contributed by atoms with van der Waals surface area (Å²) >= 11 is 0. The average molecular weight is 605 g/mol. The van der Waals surface area contributed by atoms with Crippen LogP contribution in [-0.2, 0) is 26.0 Å². The second kappa shape index (κ2) is 12.8. The van der Waals surface area contributed by atoms with E-state index >= 15 is 0 Å². The minimum Gasteiger partial charge on any atom is -0.487 e. The molecule has 3 aliphatic rings. The van der Waals surface area contributed by atoms with E-state index in [0.717, 1.165) is 55.5 Å². The number of rotatable bonds is 9. The summed E-state index contributed by atoms with van der Waals surface area (Å²) in [5.74, 6) is 0.514. The Bertz CT molecular complexity index is 1340. The summed E-state index contributed by atoms with van der Waals surface area (Å²) in [6.07, 6.45) is 6.07. The van der Waals surface area contributed by atoms with E-state index in [1.807, 2.05) is 34.6 Å². The van der Waals surface area contributed by atoms with Gasteiger partial charge in [0.2, 0.25) is 17.8 Å². The molecule has 3 unspecified atom stereocenters. The molecule has 12 heteroatoms. The first-order valence-corrected chi connectivity index (χ1v) is 16.7. The monoisotopic (exact) mass is 604 g/mol. The van der Waals surface area contributed by atoms with Crippen molar-refractivity contribution in [1.29, 1.82) is 0 Å². The van der Waals surface area contributed by atoms with Gasteiger partial charge >= 0.3 is 0 Å². The fraction of sp³-hybridized carbons (Fsp3) is 0.700. The van der Waals surface area contributed by atoms with Crippen LogP contribution in [0.4, 0.5) is 0 Å². The Morgan fingerprint density at radius 2 is 1.90 bits per heavy atom. The quantitative estimate of drug-likeness (QED) is 0.192. The first-order chi connectivity index (χ1) is 19.7. The van der Waals surface area contributed by atoms with Crippen molar-refractivity contribution in [3.05, 3.63) is 22.3 Å². The standard InChI is InChI=1S/C30H48N6O5S/c1-18(34-27(37)24-12-9-17-36(24)28(38)23-11-8-15-32-23)10-7-16-33-29(31)35-42(39,40)26-20(3)19(2)25-22(21(26)4)13-14-30(5,6)41-25/h18,23-24,32H,7-17H2,1-6H3,(H,34,37)(H3,31,33,35). The van der Waals surface area contributed by atoms with Crippen LogP contribution in [0.15, 0.2) is 9.89 Å². The topological polar surface area (TPSA) is 155 Å². The molecule has 2 amide bonds. The summed E-state index contributed by atoms with van der Waals surface area (Å²) in [5, 5.41) is 6.27. The molecule has 234 valence electrons. The summed E-state index contributed by atoms with van der Waals surface area (Å²) in [6.45, 7) is 13.3. The van der Waals surface area contributed by atoms with E-state index in [9.17, 15) is 18.0 Å². The predicted molar refractivity (Wildman–Crippen MR) is 163 cm³/mol. The van der Waals surface area contributed by atoms with Crippen molar-refractivity contribution >= 4 is 27.8 Å². The fourth-order valence-electron chi connectivity index (χ4n) is 6.38. The number of fused-ring (bicyclic) bond motifs is 1. The van der Waals surface area contributed by atoms with Crippen LogP contribution in [0.25, 0.3) is 0 Å². The van der Waals surface area contributed by atoms with Crippen molar-refractivity contribution in [2.75, 3.05) is 19.6 Å². The molecule has 0 aliphatic carbocycles. The lowest BCUT2D eigenvalue weighted by molar-refractivity contribution is -0.140. The molecule has 2 fully saturated rings. The van der Waals surface area contributed by atoms with Crippen LogP contribution >= 0.6 is 0 Å². The van der Waals surface area contributed by atoms with Crippen molar-refractivity contribution in [2.24, 2.45) is 10.7 Å². The van der Waals surface area contributed by atoms with E-state index in [2.05, 4.69) is 20.3 Å². The van der Waals surface area contributed by atoms with E-state index in [-0.39, 0.29) is 40.4 Å². The maximum atomic E-state index is 13.4. The molecule has 0 spiro atoms. The number of likely N-dealkylation sites (tertiary alicyclic amines) is 1. The Balaban J connectivity index is 1.30. The summed E-state index contributed by atoms with van der Waals surface area (Å²) in [7, 11) is -3.96. The maximum Gasteiger partial charge on any atom is 0.264 e. The van der Waals surface area contributed by atoms with Gasteiger partial charge in [-0.1, -0.05) is 0 Å². The van der Waals surface area contributed by atoms with Gasteiger partial charge in [0.25, 0.3) is 10.0 Å². The molecular formula is C30H48N6O5S. The highest BCUT2D eigenvalue weighted by molar-refractivity contribution is 7.90. The summed E-state index contributed by atoms with van der Waals surface area (Å²) in [5.41, 5.74) is 8.76. The van der Waals surface area contributed by atoms with Crippen molar-refractivity contribution in [3.8, 4) is 5.75 Å². The number of aliphatic imine (C=N–C) groups is 1. The zero-order valence-corrected chi connectivity index (χ0v) is 26.7. The highest BCUT2D eigenvalue weighted by Crippen LogP contribution is 2.42. The van der Waals surface area contributed by atoms with Crippen LogP contribution < -0.4 is 25.8 Å². The molecule has 4 rings (SSSR count). The Hall–Kier alpha value is -2.86. The number of sulfonamides is 1. The number of carbonyl (C=O) groups is 2. The summed E-state index contributed by atoms with van der Waals surface area (Å²) in [6, 6.07) is -0.728. The molecule has 1 aromatic rings. The Kier molecular flexibility index (Phi) is 9.76. The molecule has 0 bridgehead atoms. The van der Waals surface area contributed by atoms with Crippen LogP contribution in [0, 0.1) is 20.8 Å². The van der Waals surface area contributed by atoms with Crippen LogP contribution in [-0.4, -0.2) is 74.5 Å². The zero-order chi connectivity index (χ0) is 30.8. The molecule has 2 saturated heterocycles. The lowest BCUT2D eigenvalue weighted by atomic mass is 9.88. The van der Waals surface area contributed by atoms with Gasteiger partial charge in [-0.15, -0.1) is 0 Å². The van der Waals surface area contributed by atoms with E-state index < -0.39 is 16.1 Å². The number of hydrogen-bond donors (Lipinski definition) is 4. The molecule has 3 atom stereocenters. The molecule has 3 heterocycles. The molecule has 0 aromatic heterocycles. The SMILES string of the molecule is Cc1c(C)c(S(=O)(=O)NC(N)=NCCCC(C)NC(=O)C2CCCN2C(=O)C2CCCN2)c(C)c2c1OC(C)(C)CC2. The van der Waals surface area contributed by atoms with E-state index in [1.54, 1.807) is 11.8 Å². The van der Waals surface area contributed by atoms with Gasteiger partial charge in [-0.2, -0.15) is 0 Å². The highest BCUT2D eigenvalue weighted by Gasteiger charge is 2.38. The van der Waals surface area contributed by atoms with Crippen LogP contribution in [0.1, 0.15) is 88.0 Å². The van der Waals surface area contributed by atoms with Gasteiger partial charge in [0.1, 0.15) is 17.4 Å². The van der Waals surface area contributed by atoms with Gasteiger partial charge in [0, 0.05) is 19.1 Å². The zero-order valence-electron chi connectivity index (χ0n) is 25.9. The lowest BCUT2D eigenvalue weighted by Crippen LogP contribution is -2.52. The number of nitrogens with one attached hydrogen (secondary N) is 3. The number of amides is 2. The summed E-state index contributed by atoms with van der Waals surface area (Å²) in [4.78, 5) is 32.0. The van der Waals surface area contributed by atoms with Crippen molar-refractivity contribution < 1.29 is 22.7 Å². The third kappa shape index (κ3) is 7.02.